The molecule has 1 saturated heterocycles. The fourth-order valence-electron chi connectivity index (χ4n) is 6.41. The maximum Gasteiger partial charge on any atom is 0.479 e. The molecule has 15 unspecified atom stereocenters. The van der Waals surface area contributed by atoms with E-state index in [1.807, 2.05) is 0 Å². The van der Waals surface area contributed by atoms with Crippen molar-refractivity contribution >= 4 is 131 Å². The van der Waals surface area contributed by atoms with Crippen molar-refractivity contribution in [1.29, 1.82) is 0 Å². The summed E-state index contributed by atoms with van der Waals surface area (Å²) in [5, 5.41) is 0. The van der Waals surface area contributed by atoms with Gasteiger partial charge in [0.25, 0.3) is 15.6 Å². The van der Waals surface area contributed by atoms with Crippen LogP contribution in [0.2, 0.25) is 0 Å². The third-order valence-corrected chi connectivity index (χ3v) is 21.6. The molecule has 0 bridgehead atoms. The Hall–Kier alpha value is 3.40. The fraction of sp³-hybridized carbons (Fsp3) is 1.00. The van der Waals surface area contributed by atoms with E-state index in [1.165, 1.54) is 0 Å². The van der Waals surface area contributed by atoms with Crippen LogP contribution >= 0.6 is 131 Å². The Morgan fingerprint density at radius 1 is 0.369 bits per heavy atom. The van der Waals surface area contributed by atoms with Gasteiger partial charge in [-0.05, 0) is 0 Å². The Balaban J connectivity index is 0.00000162. The van der Waals surface area contributed by atoms with Gasteiger partial charge < -0.3 is 67.8 Å². The van der Waals surface area contributed by atoms with E-state index >= 15 is 0 Å². The third kappa shape index (κ3) is 28.0. The van der Waals surface area contributed by atoms with E-state index in [-0.39, 0.29) is 18.6 Å². The van der Waals surface area contributed by atoms with Crippen LogP contribution in [0.4, 0.5) is 0 Å². The SMILES string of the molecule is COP(=O)(O)OC1C(OP(=O)(OC)OC)C(OP(=O)(O)OC)C(OP(=O)(OC)OC)C(OP(=O)(OC)OC)C1OP(=O)(OC)OC.II.O=P([O-])(O)OC1C(OP(=O)(O)O)C(OP(=O)(O)O)C(OP(=O)(O)O)C2OP(=O)(O)OP(=O)([O-])OC12.[V]. The van der Waals surface area contributed by atoms with Gasteiger partial charge in [0.05, 0.1) is 0 Å². The van der Waals surface area contributed by atoms with Crippen molar-refractivity contribution in [3.05, 3.63) is 0 Å². The number of phosphoric ester groups is 12. The van der Waals surface area contributed by atoms with Gasteiger partial charge in [0.15, 0.2) is 0 Å². The first-order chi connectivity index (χ1) is 37.5. The summed E-state index contributed by atoms with van der Waals surface area (Å²) >= 11 is 4.24. The molecular weight excluding hydrogens is 1690 g/mol. The van der Waals surface area contributed by atoms with Gasteiger partial charge in [-0.15, -0.1) is 0 Å². The maximum atomic E-state index is 13.3. The molecule has 0 aromatic carbocycles. The summed E-state index contributed by atoms with van der Waals surface area (Å²) < 4.78 is 257. The van der Waals surface area contributed by atoms with Crippen LogP contribution in [-0.4, -0.2) is 193 Å². The fourth-order valence-corrected chi connectivity index (χ4v) is 15.7. The Kier molecular flexibility index (Phi) is 36.3. The Labute approximate surface area is 508 Å². The molecule has 3 rings (SSSR count). The minimum Gasteiger partial charge on any atom is -0.756 e. The van der Waals surface area contributed by atoms with E-state index in [0.717, 1.165) is 56.9 Å². The van der Waals surface area contributed by atoms with E-state index in [0.29, 0.717) is 14.2 Å². The quantitative estimate of drug-likeness (QED) is 0.0362. The monoisotopic (exact) mass is 1740 g/mol. The van der Waals surface area contributed by atoms with Crippen LogP contribution in [0.5, 0.6) is 0 Å². The average Bonchev–Trinajstić information content (AvgIpc) is 3.46. The molecule has 0 aromatic rings. The molecule has 503 valence electrons. The summed E-state index contributed by atoms with van der Waals surface area (Å²) in [7, 11) is -57.7. The summed E-state index contributed by atoms with van der Waals surface area (Å²) in [5.74, 6) is 0. The molecule has 2 saturated carbocycles. The van der Waals surface area contributed by atoms with Crippen LogP contribution in [-0.2, 0) is 177 Å². The Morgan fingerprint density at radius 2 is 0.583 bits per heavy atom. The smallest absolute Gasteiger partial charge is 0.479 e. The molecule has 10 N–H and O–H groups in total. The molecular formula is C22H52I2O47P12V-2. The van der Waals surface area contributed by atoms with Crippen molar-refractivity contribution in [3.8, 4) is 0 Å². The summed E-state index contributed by atoms with van der Waals surface area (Å²) in [4.78, 5) is 117. The second kappa shape index (κ2) is 34.9. The number of phosphoric acid groups is 12. The van der Waals surface area contributed by atoms with Gasteiger partial charge in [0.2, 0.25) is 0 Å². The molecule has 15 atom stereocenters. The van der Waals surface area contributed by atoms with E-state index < -0.39 is 167 Å². The zero-order valence-corrected chi connectivity index (χ0v) is 59.5. The molecule has 1 aliphatic heterocycles. The first-order valence-corrected chi connectivity index (χ1v) is 44.2. The average molecular weight is 1750 g/mol. The van der Waals surface area contributed by atoms with Gasteiger partial charge in [0, 0.05) is 127 Å². The maximum absolute atomic E-state index is 13.3. The number of hydrogen-bond acceptors (Lipinski definition) is 37. The number of fused-ring (bicyclic) bond motifs is 1. The second-order valence-corrected chi connectivity index (χ2v) is 32.3. The van der Waals surface area contributed by atoms with Crippen LogP contribution < -0.4 is 9.79 Å². The van der Waals surface area contributed by atoms with Crippen molar-refractivity contribution < 1.29 is 236 Å². The predicted molar refractivity (Wildman–Crippen MR) is 271 cm³/mol. The van der Waals surface area contributed by atoms with Crippen molar-refractivity contribution in [3.63, 3.8) is 0 Å². The minimum atomic E-state index is -6.15. The van der Waals surface area contributed by atoms with Crippen LogP contribution in [0.25, 0.3) is 0 Å². The molecule has 47 nitrogen and oxygen atoms in total. The first-order valence-electron chi connectivity index (χ1n) is 20.0. The van der Waals surface area contributed by atoms with Crippen molar-refractivity contribution in [1.82, 2.24) is 0 Å². The Morgan fingerprint density at radius 3 is 0.810 bits per heavy atom. The van der Waals surface area contributed by atoms with Gasteiger partial charge in [-0.1, -0.05) is 0 Å². The standard InChI is InChI=1S/C16H38O24P6.C6H16O23P6.I2.V/c1-25-41(17,18)35-11-13(37-43(21,27-3)28-4)12(36-42(19,20)26-2)15(39-45(23,31-7)32-8)16(40-46(24,33-9)34-10)14(11)38-44(22,29-5)30-6;7-30(8,9)23-1-2(24-31(10,11)12)4(26-33(16,17)18)6-5(3(1)25-32(13,14)15)27-34(19,20)29-35(21,22)28-6;1-2;/h11-16H,1-10H3,(H,17,18)(H,19,20);1-6H,(H,19,20)(H,21,22)(H2,7,8,9)(H2,10,11,12)(H2,13,14,15)(H2,16,17,18);;/p-2. The molecule has 1 heterocycles. The number of halogens is 2. The van der Waals surface area contributed by atoms with E-state index in [1.54, 1.807) is 0 Å². The van der Waals surface area contributed by atoms with Gasteiger partial charge in [-0.2, -0.15) is 0 Å². The van der Waals surface area contributed by atoms with Gasteiger partial charge in [-0.3, -0.25) is 99.6 Å². The topological polar surface area (TPSA) is 666 Å². The molecule has 2 aliphatic carbocycles. The molecule has 62 heteroatoms. The van der Waals surface area contributed by atoms with Gasteiger partial charge >= 0.3 is 78.2 Å². The first kappa shape index (κ1) is 87.4. The van der Waals surface area contributed by atoms with Crippen molar-refractivity contribution in [2.24, 2.45) is 0 Å². The minimum absolute atomic E-state index is 0. The van der Waals surface area contributed by atoms with Crippen LogP contribution in [0.15, 0.2) is 0 Å². The predicted octanol–water partition coefficient (Wildman–Crippen LogP) is 1.83. The van der Waals surface area contributed by atoms with Crippen LogP contribution in [0, 0.1) is 0 Å². The zero-order chi connectivity index (χ0) is 65.2. The molecule has 84 heavy (non-hydrogen) atoms. The molecule has 3 aliphatic rings. The van der Waals surface area contributed by atoms with E-state index in [9.17, 15) is 79.2 Å². The van der Waals surface area contributed by atoms with Crippen LogP contribution in [0.3, 0.4) is 0 Å². The van der Waals surface area contributed by atoms with Crippen molar-refractivity contribution in [2.75, 3.05) is 71.1 Å². The molecule has 1 radical (unpaired) electrons. The molecule has 0 spiro atoms. The second-order valence-electron chi connectivity index (χ2n) is 14.3. The summed E-state index contributed by atoms with van der Waals surface area (Å²) in [6.45, 7) is 0. The van der Waals surface area contributed by atoms with E-state index in [2.05, 4.69) is 77.7 Å². The summed E-state index contributed by atoms with van der Waals surface area (Å²) in [6.07, 6.45) is -32.2. The van der Waals surface area contributed by atoms with Gasteiger partial charge in [-0.25, -0.2) is 50.0 Å². The number of hydrogen-bond donors (Lipinski definition) is 10. The van der Waals surface area contributed by atoms with Crippen molar-refractivity contribution in [2.45, 2.75) is 73.2 Å². The molecule has 0 aromatic heterocycles. The van der Waals surface area contributed by atoms with Crippen LogP contribution in [0.1, 0.15) is 0 Å². The molecule has 0 amide bonds. The third-order valence-electron chi connectivity index (χ3n) is 9.39. The van der Waals surface area contributed by atoms with Gasteiger partial charge in [0.1, 0.15) is 73.2 Å². The summed E-state index contributed by atoms with van der Waals surface area (Å²) in [6, 6.07) is 0. The summed E-state index contributed by atoms with van der Waals surface area (Å²) in [5.41, 5.74) is 0. The zero-order valence-electron chi connectivity index (χ0n) is 43.1. The molecule has 3 fully saturated rings. The van der Waals surface area contributed by atoms with E-state index in [4.69, 9.17) is 97.6 Å². The normalized spacial score (nSPS) is 32.3. The number of rotatable bonds is 30. The Bertz CT molecular complexity index is 2530. The largest absolute Gasteiger partial charge is 0.756 e.